The number of anilines is 1. The molecule has 108 valence electrons. The van der Waals surface area contributed by atoms with Crippen LogP contribution in [-0.2, 0) is 15.4 Å². The van der Waals surface area contributed by atoms with Crippen molar-refractivity contribution in [3.05, 3.63) is 23.9 Å². The van der Waals surface area contributed by atoms with Gasteiger partial charge in [-0.3, -0.25) is 0 Å². The topological polar surface area (TPSA) is 62.3 Å². The van der Waals surface area contributed by atoms with Gasteiger partial charge in [-0.1, -0.05) is 26.8 Å². The zero-order valence-electron chi connectivity index (χ0n) is 12.3. The highest BCUT2D eigenvalue weighted by Crippen LogP contribution is 2.21. The third-order valence-corrected chi connectivity index (χ3v) is 4.68. The molecule has 1 heterocycles. The number of nitrogens with zero attached hydrogens (tertiary/aromatic N) is 2. The first-order valence-electron chi connectivity index (χ1n) is 6.23. The van der Waals surface area contributed by atoms with Crippen molar-refractivity contribution in [1.82, 2.24) is 9.29 Å². The van der Waals surface area contributed by atoms with Crippen molar-refractivity contribution in [2.75, 3.05) is 31.7 Å². The van der Waals surface area contributed by atoms with Crippen molar-refractivity contribution in [3.8, 4) is 0 Å². The fraction of sp³-hybridized carbons (Fsp3) is 0.615. The van der Waals surface area contributed by atoms with E-state index >= 15 is 0 Å². The minimum absolute atomic E-state index is 0.0582. The smallest absolute Gasteiger partial charge is 0.215 e. The number of hydrogen-bond donors (Lipinski definition) is 1. The minimum Gasteiger partial charge on any atom is -0.369 e. The van der Waals surface area contributed by atoms with E-state index in [0.29, 0.717) is 12.4 Å². The average molecular weight is 285 g/mol. The van der Waals surface area contributed by atoms with Crippen LogP contribution in [0.15, 0.2) is 18.3 Å². The Balaban J connectivity index is 2.56. The highest BCUT2D eigenvalue weighted by molar-refractivity contribution is 7.89. The number of nitrogens with one attached hydrogen (secondary N) is 1. The minimum atomic E-state index is -3.16. The van der Waals surface area contributed by atoms with E-state index in [1.807, 2.05) is 18.3 Å². The van der Waals surface area contributed by atoms with Crippen molar-refractivity contribution in [1.29, 1.82) is 0 Å². The molecule has 0 spiro atoms. The van der Waals surface area contributed by atoms with Crippen LogP contribution in [0.25, 0.3) is 0 Å². The molecule has 0 bridgehead atoms. The Hall–Kier alpha value is -1.14. The second-order valence-corrected chi connectivity index (χ2v) is 8.01. The first kappa shape index (κ1) is 15.9. The van der Waals surface area contributed by atoms with Crippen LogP contribution in [0.4, 0.5) is 5.82 Å². The lowest BCUT2D eigenvalue weighted by Gasteiger charge is -2.18. The van der Waals surface area contributed by atoms with Crippen LogP contribution in [0, 0.1) is 0 Å². The summed E-state index contributed by atoms with van der Waals surface area (Å²) in [6.45, 7) is 6.73. The molecule has 1 aromatic rings. The average Bonchev–Trinajstić information content (AvgIpc) is 2.28. The largest absolute Gasteiger partial charge is 0.369 e. The van der Waals surface area contributed by atoms with Gasteiger partial charge in [-0.25, -0.2) is 17.7 Å². The van der Waals surface area contributed by atoms with Gasteiger partial charge in [0.05, 0.1) is 5.75 Å². The lowest BCUT2D eigenvalue weighted by atomic mass is 9.88. The maximum Gasteiger partial charge on any atom is 0.215 e. The SMILES string of the molecule is CN(C)S(=O)(=O)CCNc1ccc(C(C)(C)C)cn1. The Morgan fingerprint density at radius 1 is 1.26 bits per heavy atom. The molecule has 19 heavy (non-hydrogen) atoms. The standard InChI is InChI=1S/C13H23N3O2S/c1-13(2,3)11-6-7-12(15-10-11)14-8-9-19(17,18)16(4)5/h6-7,10H,8-9H2,1-5H3,(H,14,15). The molecule has 0 amide bonds. The molecule has 0 atom stereocenters. The number of sulfonamides is 1. The van der Waals surface area contributed by atoms with Gasteiger partial charge in [0.2, 0.25) is 10.0 Å². The zero-order valence-corrected chi connectivity index (χ0v) is 13.1. The van der Waals surface area contributed by atoms with Crippen LogP contribution in [0.2, 0.25) is 0 Å². The molecule has 0 saturated heterocycles. The molecular weight excluding hydrogens is 262 g/mol. The van der Waals surface area contributed by atoms with E-state index in [2.05, 4.69) is 31.1 Å². The van der Waals surface area contributed by atoms with E-state index in [-0.39, 0.29) is 11.2 Å². The zero-order chi connectivity index (χ0) is 14.7. The van der Waals surface area contributed by atoms with Crippen molar-refractivity contribution >= 4 is 15.8 Å². The normalized spacial score (nSPS) is 12.7. The molecule has 0 aliphatic carbocycles. The Morgan fingerprint density at radius 2 is 1.89 bits per heavy atom. The third kappa shape index (κ3) is 4.80. The molecular formula is C13H23N3O2S. The summed E-state index contributed by atoms with van der Waals surface area (Å²) in [6.07, 6.45) is 1.82. The predicted molar refractivity (Wildman–Crippen MR) is 78.9 cm³/mol. The summed E-state index contributed by atoms with van der Waals surface area (Å²) in [6, 6.07) is 3.89. The van der Waals surface area contributed by atoms with Gasteiger partial charge < -0.3 is 5.32 Å². The van der Waals surface area contributed by atoms with Gasteiger partial charge in [0, 0.05) is 26.8 Å². The molecule has 0 aliphatic rings. The van der Waals surface area contributed by atoms with Crippen LogP contribution in [0.5, 0.6) is 0 Å². The number of hydrogen-bond acceptors (Lipinski definition) is 4. The van der Waals surface area contributed by atoms with Crippen LogP contribution in [0.1, 0.15) is 26.3 Å². The molecule has 0 unspecified atom stereocenters. The summed E-state index contributed by atoms with van der Waals surface area (Å²) in [4.78, 5) is 4.29. The lowest BCUT2D eigenvalue weighted by Crippen LogP contribution is -2.28. The molecule has 0 saturated carbocycles. The van der Waals surface area contributed by atoms with Crippen LogP contribution in [-0.4, -0.2) is 44.1 Å². The van der Waals surface area contributed by atoms with Crippen LogP contribution in [0.3, 0.4) is 0 Å². The number of pyridine rings is 1. The molecule has 6 heteroatoms. The van der Waals surface area contributed by atoms with E-state index in [0.717, 1.165) is 5.56 Å². The van der Waals surface area contributed by atoms with Crippen molar-refractivity contribution in [3.63, 3.8) is 0 Å². The van der Waals surface area contributed by atoms with Gasteiger partial charge in [-0.2, -0.15) is 0 Å². The summed E-state index contributed by atoms with van der Waals surface area (Å²) in [5, 5.41) is 3.02. The summed E-state index contributed by atoms with van der Waals surface area (Å²) in [5.41, 5.74) is 1.22. The quantitative estimate of drug-likeness (QED) is 0.894. The maximum atomic E-state index is 11.6. The molecule has 0 aromatic carbocycles. The Labute approximate surface area is 116 Å². The fourth-order valence-corrected chi connectivity index (χ4v) is 2.16. The highest BCUT2D eigenvalue weighted by atomic mass is 32.2. The highest BCUT2D eigenvalue weighted by Gasteiger charge is 2.14. The van der Waals surface area contributed by atoms with E-state index in [1.165, 1.54) is 18.4 Å². The first-order chi connectivity index (χ1) is 8.63. The van der Waals surface area contributed by atoms with Crippen molar-refractivity contribution in [2.45, 2.75) is 26.2 Å². The van der Waals surface area contributed by atoms with Gasteiger partial charge in [0.15, 0.2) is 0 Å². The second kappa shape index (κ2) is 5.88. The summed E-state index contributed by atoms with van der Waals surface area (Å²) < 4.78 is 24.4. The van der Waals surface area contributed by atoms with E-state index in [9.17, 15) is 8.42 Å². The summed E-state index contributed by atoms with van der Waals surface area (Å²) >= 11 is 0. The predicted octanol–water partition coefficient (Wildman–Crippen LogP) is 1.68. The molecule has 1 aromatic heterocycles. The monoisotopic (exact) mass is 285 g/mol. The molecule has 0 radical (unpaired) electrons. The molecule has 1 N–H and O–H groups in total. The molecule has 1 rings (SSSR count). The van der Waals surface area contributed by atoms with Crippen LogP contribution >= 0.6 is 0 Å². The lowest BCUT2D eigenvalue weighted by molar-refractivity contribution is 0.521. The fourth-order valence-electron chi connectivity index (χ4n) is 1.43. The van der Waals surface area contributed by atoms with Gasteiger partial charge in [0.25, 0.3) is 0 Å². The molecule has 0 aliphatic heterocycles. The molecule has 5 nitrogen and oxygen atoms in total. The van der Waals surface area contributed by atoms with Gasteiger partial charge >= 0.3 is 0 Å². The maximum absolute atomic E-state index is 11.6. The number of aromatic nitrogens is 1. The van der Waals surface area contributed by atoms with Gasteiger partial charge in [-0.15, -0.1) is 0 Å². The summed E-state index contributed by atoms with van der Waals surface area (Å²) in [5.74, 6) is 0.754. The van der Waals surface area contributed by atoms with E-state index in [4.69, 9.17) is 0 Å². The third-order valence-electron chi connectivity index (χ3n) is 2.85. The summed E-state index contributed by atoms with van der Waals surface area (Å²) in [7, 11) is -0.0898. The second-order valence-electron chi connectivity index (χ2n) is 5.71. The number of rotatable bonds is 5. The van der Waals surface area contributed by atoms with Gasteiger partial charge in [-0.05, 0) is 17.0 Å². The van der Waals surface area contributed by atoms with Gasteiger partial charge in [0.1, 0.15) is 5.82 Å². The first-order valence-corrected chi connectivity index (χ1v) is 7.84. The van der Waals surface area contributed by atoms with E-state index in [1.54, 1.807) is 0 Å². The van der Waals surface area contributed by atoms with Crippen molar-refractivity contribution in [2.24, 2.45) is 0 Å². The Kier molecular flexibility index (Phi) is 4.92. The Morgan fingerprint density at radius 3 is 2.32 bits per heavy atom. The van der Waals surface area contributed by atoms with Crippen LogP contribution < -0.4 is 5.32 Å². The van der Waals surface area contributed by atoms with E-state index < -0.39 is 10.0 Å². The van der Waals surface area contributed by atoms with Crippen molar-refractivity contribution < 1.29 is 8.42 Å². The molecule has 0 fully saturated rings. The Bertz CT molecular complexity index is 502.